The molecule has 0 aromatic heterocycles. The van der Waals surface area contributed by atoms with Crippen LogP contribution in [0.5, 0.6) is 0 Å². The Balaban J connectivity index is 2.39. The molecule has 1 nitrogen and oxygen atoms in total. The zero-order chi connectivity index (χ0) is 10.2. The number of nitrogens with two attached hydrogens (primary N) is 1. The molecule has 0 saturated heterocycles. The second kappa shape index (κ2) is 3.39. The van der Waals surface area contributed by atoms with Crippen LogP contribution in [0.4, 0.5) is 0 Å². The standard InChI is InChI=1S/C13H19N/c1-10-6-11(2)8-12(7-10)13(9-14)4-3-5-13/h6-8H,3-5,9,14H2,1-2H3. The first kappa shape index (κ1) is 9.72. The first-order valence-electron chi connectivity index (χ1n) is 5.45. The van der Waals surface area contributed by atoms with Gasteiger partial charge in [0.15, 0.2) is 0 Å². The van der Waals surface area contributed by atoms with E-state index in [4.69, 9.17) is 5.73 Å². The van der Waals surface area contributed by atoms with Gasteiger partial charge in [0.2, 0.25) is 0 Å². The summed E-state index contributed by atoms with van der Waals surface area (Å²) in [5.74, 6) is 0. The van der Waals surface area contributed by atoms with Crippen LogP contribution in [-0.2, 0) is 5.41 Å². The molecule has 0 radical (unpaired) electrons. The van der Waals surface area contributed by atoms with Gasteiger partial charge in [-0.15, -0.1) is 0 Å². The highest BCUT2D eigenvalue weighted by atomic mass is 14.6. The molecule has 1 aromatic carbocycles. The monoisotopic (exact) mass is 189 g/mol. The van der Waals surface area contributed by atoms with Crippen LogP contribution in [0, 0.1) is 13.8 Å². The molecule has 0 aliphatic heterocycles. The van der Waals surface area contributed by atoms with E-state index in [1.807, 2.05) is 0 Å². The molecule has 0 heterocycles. The third-order valence-corrected chi connectivity index (χ3v) is 3.54. The second-order valence-electron chi connectivity index (χ2n) is 4.71. The van der Waals surface area contributed by atoms with Crippen LogP contribution in [0.2, 0.25) is 0 Å². The maximum absolute atomic E-state index is 5.90. The van der Waals surface area contributed by atoms with Gasteiger partial charge in [0.25, 0.3) is 0 Å². The Hall–Kier alpha value is -0.820. The van der Waals surface area contributed by atoms with Crippen LogP contribution < -0.4 is 5.73 Å². The van der Waals surface area contributed by atoms with Crippen molar-refractivity contribution in [2.45, 2.75) is 38.5 Å². The van der Waals surface area contributed by atoms with Crippen molar-refractivity contribution in [3.05, 3.63) is 34.9 Å². The molecule has 14 heavy (non-hydrogen) atoms. The van der Waals surface area contributed by atoms with E-state index in [-0.39, 0.29) is 0 Å². The summed E-state index contributed by atoms with van der Waals surface area (Å²) in [7, 11) is 0. The Bertz CT molecular complexity index is 311. The quantitative estimate of drug-likeness (QED) is 0.760. The summed E-state index contributed by atoms with van der Waals surface area (Å²) < 4.78 is 0. The Kier molecular flexibility index (Phi) is 2.36. The highest BCUT2D eigenvalue weighted by Crippen LogP contribution is 2.43. The lowest BCUT2D eigenvalue weighted by Crippen LogP contribution is -2.41. The topological polar surface area (TPSA) is 26.0 Å². The predicted octanol–water partition coefficient (Wildman–Crippen LogP) is 2.68. The number of benzene rings is 1. The Morgan fingerprint density at radius 1 is 1.14 bits per heavy atom. The van der Waals surface area contributed by atoms with Gasteiger partial charge in [-0.05, 0) is 32.3 Å². The smallest absolute Gasteiger partial charge is 0.00757 e. The molecule has 1 aromatic rings. The van der Waals surface area contributed by atoms with E-state index in [2.05, 4.69) is 32.0 Å². The zero-order valence-electron chi connectivity index (χ0n) is 9.14. The van der Waals surface area contributed by atoms with Crippen LogP contribution in [0.25, 0.3) is 0 Å². The first-order valence-corrected chi connectivity index (χ1v) is 5.45. The lowest BCUT2D eigenvalue weighted by atomic mass is 9.64. The van der Waals surface area contributed by atoms with Crippen molar-refractivity contribution in [3.8, 4) is 0 Å². The van der Waals surface area contributed by atoms with Crippen LogP contribution >= 0.6 is 0 Å². The van der Waals surface area contributed by atoms with Crippen molar-refractivity contribution in [2.75, 3.05) is 6.54 Å². The van der Waals surface area contributed by atoms with Gasteiger partial charge in [-0.1, -0.05) is 35.7 Å². The average Bonchev–Trinajstić information content (AvgIpc) is 2.01. The molecule has 0 spiro atoms. The second-order valence-corrected chi connectivity index (χ2v) is 4.71. The Morgan fingerprint density at radius 2 is 1.71 bits per heavy atom. The zero-order valence-corrected chi connectivity index (χ0v) is 9.14. The molecular weight excluding hydrogens is 170 g/mol. The minimum absolute atomic E-state index is 0.316. The maximum atomic E-state index is 5.90. The maximum Gasteiger partial charge on any atom is 0.00757 e. The van der Waals surface area contributed by atoms with E-state index in [1.165, 1.54) is 36.0 Å². The summed E-state index contributed by atoms with van der Waals surface area (Å²) in [5, 5.41) is 0. The third-order valence-electron chi connectivity index (χ3n) is 3.54. The summed E-state index contributed by atoms with van der Waals surface area (Å²) in [4.78, 5) is 0. The van der Waals surface area contributed by atoms with Gasteiger partial charge in [-0.2, -0.15) is 0 Å². The van der Waals surface area contributed by atoms with E-state index in [0.29, 0.717) is 5.41 Å². The molecule has 0 amide bonds. The predicted molar refractivity (Wildman–Crippen MR) is 60.5 cm³/mol. The molecule has 1 aliphatic rings. The van der Waals surface area contributed by atoms with Crippen molar-refractivity contribution in [1.82, 2.24) is 0 Å². The Labute approximate surface area is 86.3 Å². The molecule has 0 unspecified atom stereocenters. The summed E-state index contributed by atoms with van der Waals surface area (Å²) in [5.41, 5.74) is 10.4. The minimum atomic E-state index is 0.316. The van der Waals surface area contributed by atoms with Crippen molar-refractivity contribution in [2.24, 2.45) is 5.73 Å². The fourth-order valence-electron chi connectivity index (χ4n) is 2.50. The van der Waals surface area contributed by atoms with Crippen molar-refractivity contribution >= 4 is 0 Å². The van der Waals surface area contributed by atoms with Gasteiger partial charge < -0.3 is 5.73 Å². The van der Waals surface area contributed by atoms with Gasteiger partial charge in [-0.3, -0.25) is 0 Å². The van der Waals surface area contributed by atoms with Crippen LogP contribution in [0.15, 0.2) is 18.2 Å². The summed E-state index contributed by atoms with van der Waals surface area (Å²) in [6, 6.07) is 6.84. The van der Waals surface area contributed by atoms with Crippen LogP contribution in [0.3, 0.4) is 0 Å². The number of hydrogen-bond acceptors (Lipinski definition) is 1. The molecule has 2 N–H and O–H groups in total. The third kappa shape index (κ3) is 1.46. The lowest BCUT2D eigenvalue weighted by molar-refractivity contribution is 0.253. The number of hydrogen-bond donors (Lipinski definition) is 1. The first-order chi connectivity index (χ1) is 6.66. The van der Waals surface area contributed by atoms with E-state index >= 15 is 0 Å². The van der Waals surface area contributed by atoms with Crippen LogP contribution in [-0.4, -0.2) is 6.54 Å². The minimum Gasteiger partial charge on any atom is -0.330 e. The molecule has 1 aliphatic carbocycles. The molecule has 76 valence electrons. The highest BCUT2D eigenvalue weighted by Gasteiger charge is 2.37. The SMILES string of the molecule is Cc1cc(C)cc(C2(CN)CCC2)c1. The largest absolute Gasteiger partial charge is 0.330 e. The molecule has 1 fully saturated rings. The molecule has 1 saturated carbocycles. The van der Waals surface area contributed by atoms with Gasteiger partial charge >= 0.3 is 0 Å². The van der Waals surface area contributed by atoms with E-state index in [1.54, 1.807) is 0 Å². The molecule has 2 rings (SSSR count). The fraction of sp³-hybridized carbons (Fsp3) is 0.538. The number of rotatable bonds is 2. The van der Waals surface area contributed by atoms with Crippen molar-refractivity contribution in [3.63, 3.8) is 0 Å². The lowest BCUT2D eigenvalue weighted by Gasteiger charge is -2.42. The Morgan fingerprint density at radius 3 is 2.07 bits per heavy atom. The van der Waals surface area contributed by atoms with Gasteiger partial charge in [0, 0.05) is 12.0 Å². The molecular formula is C13H19N. The van der Waals surface area contributed by atoms with Crippen molar-refractivity contribution in [1.29, 1.82) is 0 Å². The van der Waals surface area contributed by atoms with Crippen LogP contribution in [0.1, 0.15) is 36.0 Å². The highest BCUT2D eigenvalue weighted by molar-refractivity contribution is 5.35. The average molecular weight is 189 g/mol. The summed E-state index contributed by atoms with van der Waals surface area (Å²) >= 11 is 0. The molecule has 0 atom stereocenters. The van der Waals surface area contributed by atoms with E-state index in [0.717, 1.165) is 6.54 Å². The van der Waals surface area contributed by atoms with Crippen molar-refractivity contribution < 1.29 is 0 Å². The number of aryl methyl sites for hydroxylation is 2. The van der Waals surface area contributed by atoms with Gasteiger partial charge in [-0.25, -0.2) is 0 Å². The molecule has 1 heteroatoms. The van der Waals surface area contributed by atoms with Gasteiger partial charge in [0.1, 0.15) is 0 Å². The normalized spacial score (nSPS) is 19.1. The summed E-state index contributed by atoms with van der Waals surface area (Å²) in [6.07, 6.45) is 3.88. The van der Waals surface area contributed by atoms with E-state index < -0.39 is 0 Å². The van der Waals surface area contributed by atoms with Gasteiger partial charge in [0.05, 0.1) is 0 Å². The summed E-state index contributed by atoms with van der Waals surface area (Å²) in [6.45, 7) is 5.13. The molecule has 0 bridgehead atoms. The van der Waals surface area contributed by atoms with E-state index in [9.17, 15) is 0 Å². The fourth-order valence-corrected chi connectivity index (χ4v) is 2.50.